The highest BCUT2D eigenvalue weighted by atomic mass is 16.5. The third-order valence-electron chi connectivity index (χ3n) is 3.87. The molecule has 0 aliphatic heterocycles. The molecule has 23 heavy (non-hydrogen) atoms. The summed E-state index contributed by atoms with van der Waals surface area (Å²) in [5.41, 5.74) is 1.05. The van der Waals surface area contributed by atoms with Gasteiger partial charge >= 0.3 is 0 Å². The molecule has 1 aromatic heterocycles. The van der Waals surface area contributed by atoms with Crippen molar-refractivity contribution in [3.8, 4) is 0 Å². The molecule has 0 spiro atoms. The molecule has 2 amide bonds. The van der Waals surface area contributed by atoms with Crippen molar-refractivity contribution < 1.29 is 14.3 Å². The van der Waals surface area contributed by atoms with E-state index in [1.165, 1.54) is 0 Å². The van der Waals surface area contributed by atoms with Gasteiger partial charge in [0.15, 0.2) is 0 Å². The van der Waals surface area contributed by atoms with Crippen LogP contribution in [0.4, 0.5) is 0 Å². The highest BCUT2D eigenvalue weighted by Gasteiger charge is 2.22. The number of amides is 2. The van der Waals surface area contributed by atoms with Gasteiger partial charge in [-0.05, 0) is 26.0 Å². The Balaban J connectivity index is 2.81. The Kier molecular flexibility index (Phi) is 7.81. The van der Waals surface area contributed by atoms with Gasteiger partial charge in [0.25, 0.3) is 0 Å². The molecule has 0 N–H and O–H groups in total. The molecule has 130 valence electrons. The van der Waals surface area contributed by atoms with Gasteiger partial charge in [-0.1, -0.05) is 6.92 Å². The Morgan fingerprint density at radius 1 is 1.30 bits per heavy atom. The van der Waals surface area contributed by atoms with Crippen LogP contribution < -0.4 is 0 Å². The van der Waals surface area contributed by atoms with E-state index in [-0.39, 0.29) is 24.4 Å². The lowest BCUT2D eigenvalue weighted by molar-refractivity contribution is -0.142. The summed E-state index contributed by atoms with van der Waals surface area (Å²) in [6.07, 6.45) is 2.36. The number of carbonyl (C=O) groups is 2. The average Bonchev–Trinajstić information content (AvgIpc) is 2.92. The summed E-state index contributed by atoms with van der Waals surface area (Å²) >= 11 is 0. The second-order valence-electron chi connectivity index (χ2n) is 5.89. The lowest BCUT2D eigenvalue weighted by Gasteiger charge is -2.30. The highest BCUT2D eigenvalue weighted by Crippen LogP contribution is 2.08. The minimum absolute atomic E-state index is 0.00101. The summed E-state index contributed by atoms with van der Waals surface area (Å²) in [5, 5.41) is 0. The largest absolute Gasteiger partial charge is 0.383 e. The summed E-state index contributed by atoms with van der Waals surface area (Å²) in [7, 11) is 3.57. The van der Waals surface area contributed by atoms with Crippen LogP contribution in [0.1, 0.15) is 32.9 Å². The van der Waals surface area contributed by atoms with Crippen LogP contribution in [0.2, 0.25) is 0 Å². The van der Waals surface area contributed by atoms with Gasteiger partial charge in [0.2, 0.25) is 11.8 Å². The van der Waals surface area contributed by atoms with Gasteiger partial charge in [-0.3, -0.25) is 9.59 Å². The van der Waals surface area contributed by atoms with E-state index in [0.29, 0.717) is 26.1 Å². The van der Waals surface area contributed by atoms with Gasteiger partial charge in [0.05, 0.1) is 19.7 Å². The molecule has 0 bridgehead atoms. The number of aromatic nitrogens is 1. The van der Waals surface area contributed by atoms with Crippen molar-refractivity contribution in [1.29, 1.82) is 0 Å². The van der Waals surface area contributed by atoms with Crippen molar-refractivity contribution in [2.45, 2.75) is 39.8 Å². The maximum absolute atomic E-state index is 12.7. The molecule has 0 atom stereocenters. The lowest BCUT2D eigenvalue weighted by Crippen LogP contribution is -2.46. The van der Waals surface area contributed by atoms with Gasteiger partial charge in [-0.25, -0.2) is 0 Å². The Morgan fingerprint density at radius 2 is 2.00 bits per heavy atom. The van der Waals surface area contributed by atoms with Gasteiger partial charge < -0.3 is 19.1 Å². The monoisotopic (exact) mass is 323 g/mol. The van der Waals surface area contributed by atoms with E-state index in [9.17, 15) is 9.59 Å². The van der Waals surface area contributed by atoms with Crippen molar-refractivity contribution >= 4 is 11.8 Å². The maximum Gasteiger partial charge on any atom is 0.242 e. The van der Waals surface area contributed by atoms with Crippen LogP contribution in [0, 0.1) is 0 Å². The number of methoxy groups -OCH3 is 1. The van der Waals surface area contributed by atoms with Crippen LogP contribution in [0.15, 0.2) is 18.3 Å². The second-order valence-corrected chi connectivity index (χ2v) is 5.89. The zero-order valence-corrected chi connectivity index (χ0v) is 14.9. The zero-order chi connectivity index (χ0) is 17.4. The number of ether oxygens (including phenoxy) is 1. The molecule has 0 aliphatic rings. The van der Waals surface area contributed by atoms with Crippen molar-refractivity contribution in [3.63, 3.8) is 0 Å². The molecule has 0 aromatic carbocycles. The minimum atomic E-state index is -0.0567. The molecule has 1 aromatic rings. The number of aryl methyl sites for hydroxylation is 1. The van der Waals surface area contributed by atoms with Crippen LogP contribution in [0.5, 0.6) is 0 Å². The van der Waals surface area contributed by atoms with Crippen LogP contribution >= 0.6 is 0 Å². The number of hydrogen-bond acceptors (Lipinski definition) is 3. The number of hydrogen-bond donors (Lipinski definition) is 0. The summed E-state index contributed by atoms with van der Waals surface area (Å²) < 4.78 is 7.10. The van der Waals surface area contributed by atoms with E-state index in [4.69, 9.17) is 4.74 Å². The topological polar surface area (TPSA) is 54.8 Å². The predicted molar refractivity (Wildman–Crippen MR) is 89.8 cm³/mol. The molecule has 6 heteroatoms. The highest BCUT2D eigenvalue weighted by molar-refractivity contribution is 5.85. The first-order valence-electron chi connectivity index (χ1n) is 8.07. The van der Waals surface area contributed by atoms with Gasteiger partial charge in [-0.15, -0.1) is 0 Å². The van der Waals surface area contributed by atoms with Crippen LogP contribution in [-0.2, 0) is 27.9 Å². The van der Waals surface area contributed by atoms with Crippen LogP contribution in [0.3, 0.4) is 0 Å². The van der Waals surface area contributed by atoms with Crippen molar-refractivity contribution in [1.82, 2.24) is 14.4 Å². The molecular weight excluding hydrogens is 294 g/mol. The van der Waals surface area contributed by atoms with E-state index in [2.05, 4.69) is 0 Å². The molecule has 0 radical (unpaired) electrons. The van der Waals surface area contributed by atoms with Crippen LogP contribution in [-0.4, -0.2) is 59.0 Å². The maximum atomic E-state index is 12.7. The Hall–Kier alpha value is -1.82. The lowest BCUT2D eigenvalue weighted by atomic mass is 10.2. The SMILES string of the molecule is CCC(=O)N(CC(=O)N(CCOC)Cc1cccn1C)C(C)C. The number of nitrogens with zero attached hydrogens (tertiary/aromatic N) is 3. The second kappa shape index (κ2) is 9.35. The molecule has 1 rings (SSSR count). The molecular formula is C17H29N3O3. The molecule has 0 aliphatic carbocycles. The normalized spacial score (nSPS) is 10.9. The third-order valence-corrected chi connectivity index (χ3v) is 3.87. The predicted octanol–water partition coefficient (Wildman–Crippen LogP) is 1.65. The fourth-order valence-electron chi connectivity index (χ4n) is 2.36. The van der Waals surface area contributed by atoms with E-state index in [1.807, 2.05) is 50.7 Å². The molecule has 0 unspecified atom stereocenters. The van der Waals surface area contributed by atoms with Crippen LogP contribution in [0.25, 0.3) is 0 Å². The molecule has 6 nitrogen and oxygen atoms in total. The first kappa shape index (κ1) is 19.2. The molecule has 0 saturated heterocycles. The van der Waals surface area contributed by atoms with Crippen molar-refractivity contribution in [3.05, 3.63) is 24.0 Å². The zero-order valence-electron chi connectivity index (χ0n) is 14.9. The van der Waals surface area contributed by atoms with Crippen molar-refractivity contribution in [2.75, 3.05) is 26.8 Å². The molecule has 0 saturated carbocycles. The van der Waals surface area contributed by atoms with Crippen molar-refractivity contribution in [2.24, 2.45) is 7.05 Å². The van der Waals surface area contributed by atoms with Gasteiger partial charge in [0, 0.05) is 45.1 Å². The van der Waals surface area contributed by atoms with E-state index in [0.717, 1.165) is 5.69 Å². The molecule has 1 heterocycles. The van der Waals surface area contributed by atoms with E-state index < -0.39 is 0 Å². The average molecular weight is 323 g/mol. The standard InChI is InChI=1S/C17H29N3O3/c1-6-16(21)20(14(2)3)13-17(22)19(10-11-23-5)12-15-8-7-9-18(15)4/h7-9,14H,6,10-13H2,1-5H3. The summed E-state index contributed by atoms with van der Waals surface area (Å²) in [6, 6.07) is 3.95. The Bertz CT molecular complexity index is 511. The first-order valence-corrected chi connectivity index (χ1v) is 8.07. The molecule has 0 fully saturated rings. The summed E-state index contributed by atoms with van der Waals surface area (Å²) in [4.78, 5) is 28.1. The fourth-order valence-corrected chi connectivity index (χ4v) is 2.36. The first-order chi connectivity index (χ1) is 10.9. The summed E-state index contributed by atoms with van der Waals surface area (Å²) in [5.74, 6) is -0.0577. The van der Waals surface area contributed by atoms with Gasteiger partial charge in [0.1, 0.15) is 0 Å². The quantitative estimate of drug-likeness (QED) is 0.694. The third kappa shape index (κ3) is 5.71. The summed E-state index contributed by atoms with van der Waals surface area (Å²) in [6.45, 7) is 7.27. The fraction of sp³-hybridized carbons (Fsp3) is 0.647. The smallest absolute Gasteiger partial charge is 0.242 e. The van der Waals surface area contributed by atoms with Gasteiger partial charge in [-0.2, -0.15) is 0 Å². The van der Waals surface area contributed by atoms with E-state index in [1.54, 1.807) is 16.9 Å². The number of rotatable bonds is 9. The minimum Gasteiger partial charge on any atom is -0.383 e. The Labute approximate surface area is 139 Å². The Morgan fingerprint density at radius 3 is 2.48 bits per heavy atom. The van der Waals surface area contributed by atoms with E-state index >= 15 is 0 Å². The number of carbonyl (C=O) groups excluding carboxylic acids is 2.